The second-order valence-electron chi connectivity index (χ2n) is 6.63. The zero-order chi connectivity index (χ0) is 20.5. The number of amides is 1. The third kappa shape index (κ3) is 4.00. The lowest BCUT2D eigenvalue weighted by Crippen LogP contribution is -2.48. The molecule has 3 heterocycles. The topological polar surface area (TPSA) is 101 Å². The van der Waals surface area contributed by atoms with Gasteiger partial charge >= 0.3 is 0 Å². The molecule has 9 nitrogen and oxygen atoms in total. The quantitative estimate of drug-likeness (QED) is 0.462. The highest BCUT2D eigenvalue weighted by Gasteiger charge is 2.25. The lowest BCUT2D eigenvalue weighted by Gasteiger charge is -2.34. The molecule has 1 amide bonds. The van der Waals surface area contributed by atoms with Gasteiger partial charge in [0, 0.05) is 62.5 Å². The molecule has 1 aliphatic rings. The van der Waals surface area contributed by atoms with E-state index in [0.717, 1.165) is 0 Å². The lowest BCUT2D eigenvalue weighted by atomic mass is 10.1. The van der Waals surface area contributed by atoms with E-state index in [9.17, 15) is 19.7 Å². The minimum Gasteiger partial charge on any atom is -0.336 e. The van der Waals surface area contributed by atoms with Crippen LogP contribution in [0.25, 0.3) is 4.96 Å². The lowest BCUT2D eigenvalue weighted by molar-refractivity contribution is -0.384. The van der Waals surface area contributed by atoms with Gasteiger partial charge in [0.15, 0.2) is 4.96 Å². The summed E-state index contributed by atoms with van der Waals surface area (Å²) < 4.78 is 1.51. The highest BCUT2D eigenvalue weighted by atomic mass is 35.5. The van der Waals surface area contributed by atoms with Gasteiger partial charge in [-0.2, -0.15) is 0 Å². The molecular weight excluding hydrogens is 418 g/mol. The molecule has 0 bridgehead atoms. The molecule has 0 unspecified atom stereocenters. The number of nitrogens with zero attached hydrogens (tertiary/aromatic N) is 5. The van der Waals surface area contributed by atoms with Gasteiger partial charge in [0.25, 0.3) is 17.2 Å². The predicted molar refractivity (Wildman–Crippen MR) is 109 cm³/mol. The first-order valence-electron chi connectivity index (χ1n) is 8.84. The molecule has 1 aliphatic heterocycles. The average molecular weight is 434 g/mol. The van der Waals surface area contributed by atoms with Crippen molar-refractivity contribution in [1.29, 1.82) is 0 Å². The molecule has 1 aromatic carbocycles. The number of piperazine rings is 1. The average Bonchev–Trinajstić information content (AvgIpc) is 3.17. The maximum absolute atomic E-state index is 12.7. The van der Waals surface area contributed by atoms with E-state index in [2.05, 4.69) is 9.88 Å². The SMILES string of the molecule is O=C(c1ccc([N+](=O)[O-])cc1Cl)N1CCN(Cc2cc(=O)n3ccsc3n2)CC1. The number of hydrogen-bond acceptors (Lipinski definition) is 7. The number of carbonyl (C=O) groups excluding carboxylic acids is 1. The summed E-state index contributed by atoms with van der Waals surface area (Å²) in [5, 5.41) is 12.7. The number of aromatic nitrogens is 2. The Kier molecular flexibility index (Phi) is 5.31. The summed E-state index contributed by atoms with van der Waals surface area (Å²) >= 11 is 7.48. The minimum absolute atomic E-state index is 0.0700. The van der Waals surface area contributed by atoms with Crippen molar-refractivity contribution in [2.45, 2.75) is 6.54 Å². The number of fused-ring (bicyclic) bond motifs is 1. The molecule has 11 heteroatoms. The first-order valence-corrected chi connectivity index (χ1v) is 10.1. The fourth-order valence-electron chi connectivity index (χ4n) is 3.27. The second kappa shape index (κ2) is 7.90. The van der Waals surface area contributed by atoms with Crippen LogP contribution < -0.4 is 5.56 Å². The predicted octanol–water partition coefficient (Wildman–Crippen LogP) is 2.28. The molecule has 2 aromatic heterocycles. The van der Waals surface area contributed by atoms with Gasteiger partial charge in [0.05, 0.1) is 21.2 Å². The summed E-state index contributed by atoms with van der Waals surface area (Å²) in [6, 6.07) is 5.40. The van der Waals surface area contributed by atoms with E-state index >= 15 is 0 Å². The number of halogens is 1. The van der Waals surface area contributed by atoms with E-state index in [1.807, 2.05) is 5.38 Å². The molecule has 0 atom stereocenters. The largest absolute Gasteiger partial charge is 0.336 e. The van der Waals surface area contributed by atoms with E-state index in [4.69, 9.17) is 11.6 Å². The van der Waals surface area contributed by atoms with E-state index < -0.39 is 4.92 Å². The summed E-state index contributed by atoms with van der Waals surface area (Å²) in [7, 11) is 0. The van der Waals surface area contributed by atoms with Crippen LogP contribution in [-0.4, -0.2) is 56.2 Å². The van der Waals surface area contributed by atoms with Gasteiger partial charge in [0.2, 0.25) is 0 Å². The van der Waals surface area contributed by atoms with Crippen LogP contribution in [0.2, 0.25) is 5.02 Å². The first-order chi connectivity index (χ1) is 13.9. The Bertz CT molecular complexity index is 1150. The van der Waals surface area contributed by atoms with Crippen LogP contribution in [-0.2, 0) is 6.54 Å². The maximum Gasteiger partial charge on any atom is 0.270 e. The van der Waals surface area contributed by atoms with Crippen LogP contribution in [0.4, 0.5) is 5.69 Å². The Morgan fingerprint density at radius 2 is 2.00 bits per heavy atom. The molecule has 1 saturated heterocycles. The summed E-state index contributed by atoms with van der Waals surface area (Å²) in [6.07, 6.45) is 1.70. The van der Waals surface area contributed by atoms with Crippen LogP contribution >= 0.6 is 22.9 Å². The summed E-state index contributed by atoms with van der Waals surface area (Å²) in [5.74, 6) is -0.249. The number of carbonyl (C=O) groups is 1. The van der Waals surface area contributed by atoms with Crippen LogP contribution in [0.3, 0.4) is 0 Å². The zero-order valence-corrected chi connectivity index (χ0v) is 16.7. The number of thiazole rings is 1. The molecule has 3 aromatic rings. The van der Waals surface area contributed by atoms with Crippen molar-refractivity contribution < 1.29 is 9.72 Å². The molecule has 0 aliphatic carbocycles. The summed E-state index contributed by atoms with van der Waals surface area (Å²) in [4.78, 5) is 44.1. The number of hydrogen-bond donors (Lipinski definition) is 0. The summed E-state index contributed by atoms with van der Waals surface area (Å²) in [6.45, 7) is 2.77. The van der Waals surface area contributed by atoms with Crippen LogP contribution in [0.5, 0.6) is 0 Å². The Hall–Kier alpha value is -2.82. The van der Waals surface area contributed by atoms with Crippen molar-refractivity contribution in [3.8, 4) is 0 Å². The molecule has 0 saturated carbocycles. The molecule has 1 fully saturated rings. The van der Waals surface area contributed by atoms with Crippen molar-refractivity contribution in [1.82, 2.24) is 19.2 Å². The fourth-order valence-corrected chi connectivity index (χ4v) is 4.26. The first kappa shape index (κ1) is 19.5. The standard InChI is InChI=1S/C18H16ClN5O4S/c19-15-10-13(24(27)28)1-2-14(15)17(26)22-5-3-21(4-6-22)11-12-9-16(25)23-7-8-29-18(23)20-12/h1-2,7-10H,3-6,11H2. The molecule has 150 valence electrons. The second-order valence-corrected chi connectivity index (χ2v) is 7.91. The number of nitro groups is 1. The van der Waals surface area contributed by atoms with Crippen molar-refractivity contribution in [2.75, 3.05) is 26.2 Å². The van der Waals surface area contributed by atoms with Crippen molar-refractivity contribution in [2.24, 2.45) is 0 Å². The summed E-state index contributed by atoms with van der Waals surface area (Å²) in [5.41, 5.74) is 0.703. The van der Waals surface area contributed by atoms with Crippen LogP contribution in [0, 0.1) is 10.1 Å². The highest BCUT2D eigenvalue weighted by Crippen LogP contribution is 2.24. The van der Waals surface area contributed by atoms with Crippen LogP contribution in [0.1, 0.15) is 16.1 Å². The molecule has 0 radical (unpaired) electrons. The Morgan fingerprint density at radius 3 is 2.69 bits per heavy atom. The normalized spacial score (nSPS) is 15.0. The van der Waals surface area contributed by atoms with E-state index in [1.54, 1.807) is 11.1 Å². The smallest absolute Gasteiger partial charge is 0.270 e. The van der Waals surface area contributed by atoms with Gasteiger partial charge in [-0.25, -0.2) is 4.98 Å². The van der Waals surface area contributed by atoms with Gasteiger partial charge in [0.1, 0.15) is 0 Å². The van der Waals surface area contributed by atoms with E-state index in [1.165, 1.54) is 40.0 Å². The van der Waals surface area contributed by atoms with Crippen molar-refractivity contribution >= 4 is 39.5 Å². The number of rotatable bonds is 4. The Labute approximate surface area is 173 Å². The van der Waals surface area contributed by atoms with Crippen molar-refractivity contribution in [3.05, 3.63) is 72.6 Å². The zero-order valence-electron chi connectivity index (χ0n) is 15.2. The third-order valence-corrected chi connectivity index (χ3v) is 5.86. The van der Waals surface area contributed by atoms with E-state index in [-0.39, 0.29) is 27.7 Å². The molecule has 0 spiro atoms. The third-order valence-electron chi connectivity index (χ3n) is 4.80. The molecule has 4 rings (SSSR count). The minimum atomic E-state index is -0.549. The molecular formula is C18H16ClN5O4S. The molecule has 0 N–H and O–H groups in total. The highest BCUT2D eigenvalue weighted by molar-refractivity contribution is 7.15. The van der Waals surface area contributed by atoms with Gasteiger partial charge in [-0.15, -0.1) is 11.3 Å². The number of nitro benzene ring substituents is 1. The maximum atomic E-state index is 12.7. The Morgan fingerprint density at radius 1 is 1.24 bits per heavy atom. The van der Waals surface area contributed by atoms with Gasteiger partial charge in [-0.05, 0) is 6.07 Å². The van der Waals surface area contributed by atoms with E-state index in [0.29, 0.717) is 43.4 Å². The van der Waals surface area contributed by atoms with Crippen molar-refractivity contribution in [3.63, 3.8) is 0 Å². The van der Waals surface area contributed by atoms with Gasteiger partial charge < -0.3 is 4.90 Å². The number of benzene rings is 1. The monoisotopic (exact) mass is 433 g/mol. The van der Waals surface area contributed by atoms with Gasteiger partial charge in [-0.3, -0.25) is 29.0 Å². The molecule has 29 heavy (non-hydrogen) atoms. The van der Waals surface area contributed by atoms with Crippen LogP contribution in [0.15, 0.2) is 40.6 Å². The van der Waals surface area contributed by atoms with Gasteiger partial charge in [-0.1, -0.05) is 11.6 Å². The fraction of sp³-hybridized carbons (Fsp3) is 0.278. The number of non-ortho nitro benzene ring substituents is 1. The Balaban J connectivity index is 1.40.